The second kappa shape index (κ2) is 6.75. The lowest BCUT2D eigenvalue weighted by atomic mass is 10.0. The van der Waals surface area contributed by atoms with Crippen molar-refractivity contribution in [2.24, 2.45) is 11.8 Å². The lowest BCUT2D eigenvalue weighted by molar-refractivity contribution is 0.194. The van der Waals surface area contributed by atoms with E-state index in [1.54, 1.807) is 0 Å². The third kappa shape index (κ3) is 4.32. The minimum absolute atomic E-state index is 0.788. The van der Waals surface area contributed by atoms with Gasteiger partial charge in [0.2, 0.25) is 0 Å². The Labute approximate surface area is 100 Å². The van der Waals surface area contributed by atoms with E-state index in [0.717, 1.165) is 23.8 Å². The summed E-state index contributed by atoms with van der Waals surface area (Å²) < 4.78 is 0. The number of likely N-dealkylation sites (tertiary alicyclic amines) is 1. The van der Waals surface area contributed by atoms with Crippen LogP contribution < -0.4 is 0 Å². The van der Waals surface area contributed by atoms with Gasteiger partial charge in [-0.25, -0.2) is 0 Å². The molecule has 1 aliphatic heterocycles. The molecule has 1 heterocycles. The maximum atomic E-state index is 5.76. The van der Waals surface area contributed by atoms with E-state index in [2.05, 4.69) is 25.7 Å². The van der Waals surface area contributed by atoms with Crippen LogP contribution in [0, 0.1) is 11.8 Å². The Hall–Kier alpha value is 0.250. The maximum Gasteiger partial charge on any atom is 0.0225 e. The van der Waals surface area contributed by atoms with Crippen LogP contribution in [0.5, 0.6) is 0 Å². The van der Waals surface area contributed by atoms with Gasteiger partial charge in [0.15, 0.2) is 0 Å². The van der Waals surface area contributed by atoms with E-state index < -0.39 is 0 Å². The van der Waals surface area contributed by atoms with Crippen LogP contribution in [0.25, 0.3) is 0 Å². The van der Waals surface area contributed by atoms with E-state index in [-0.39, 0.29) is 0 Å². The summed E-state index contributed by atoms with van der Waals surface area (Å²) in [5.74, 6) is 2.42. The van der Waals surface area contributed by atoms with Gasteiger partial charge in [0.1, 0.15) is 0 Å². The molecule has 0 saturated carbocycles. The Morgan fingerprint density at radius 3 is 2.60 bits per heavy atom. The molecule has 90 valence electrons. The summed E-state index contributed by atoms with van der Waals surface area (Å²) >= 11 is 5.76. The Balaban J connectivity index is 2.25. The van der Waals surface area contributed by atoms with E-state index in [4.69, 9.17) is 11.6 Å². The van der Waals surface area contributed by atoms with Crippen LogP contribution in [0.2, 0.25) is 0 Å². The molecule has 0 aromatic carbocycles. The molecular weight excluding hydrogens is 206 g/mol. The number of rotatable bonds is 6. The summed E-state index contributed by atoms with van der Waals surface area (Å²) in [6.07, 6.45) is 5.28. The average molecular weight is 232 g/mol. The van der Waals surface area contributed by atoms with Crippen molar-refractivity contribution in [1.82, 2.24) is 4.90 Å². The first-order valence-electron chi connectivity index (χ1n) is 6.45. The van der Waals surface area contributed by atoms with Crippen LogP contribution in [0.1, 0.15) is 46.5 Å². The summed E-state index contributed by atoms with van der Waals surface area (Å²) in [4.78, 5) is 2.69. The van der Waals surface area contributed by atoms with E-state index in [1.165, 1.54) is 38.8 Å². The molecular formula is C13H26ClN. The molecule has 1 saturated heterocycles. The molecule has 0 spiro atoms. The second-order valence-electron chi connectivity index (χ2n) is 5.36. The highest BCUT2D eigenvalue weighted by Gasteiger charge is 2.26. The normalized spacial score (nSPS) is 25.0. The van der Waals surface area contributed by atoms with Crippen LogP contribution in [0.15, 0.2) is 0 Å². The van der Waals surface area contributed by atoms with E-state index in [9.17, 15) is 0 Å². The number of alkyl halides is 1. The van der Waals surface area contributed by atoms with Gasteiger partial charge in [0.25, 0.3) is 0 Å². The van der Waals surface area contributed by atoms with Gasteiger partial charge >= 0.3 is 0 Å². The van der Waals surface area contributed by atoms with Crippen LogP contribution in [-0.2, 0) is 0 Å². The highest BCUT2D eigenvalue weighted by Crippen LogP contribution is 2.24. The average Bonchev–Trinajstić information content (AvgIpc) is 2.63. The lowest BCUT2D eigenvalue weighted by Crippen LogP contribution is -2.34. The van der Waals surface area contributed by atoms with Gasteiger partial charge in [0, 0.05) is 11.9 Å². The van der Waals surface area contributed by atoms with E-state index in [1.807, 2.05) is 0 Å². The van der Waals surface area contributed by atoms with Crippen LogP contribution >= 0.6 is 11.6 Å². The van der Waals surface area contributed by atoms with Crippen molar-refractivity contribution in [3.05, 3.63) is 0 Å². The van der Waals surface area contributed by atoms with Gasteiger partial charge in [0.05, 0.1) is 0 Å². The molecule has 1 rings (SSSR count). The standard InChI is InChI=1S/C13H26ClN/c1-11(2)13-5-4-9-15(13)10-7-12(3)6-8-14/h11-13H,4-10H2,1-3H3. The molecule has 2 unspecified atom stereocenters. The monoisotopic (exact) mass is 231 g/mol. The van der Waals surface area contributed by atoms with Crippen molar-refractivity contribution in [2.45, 2.75) is 52.5 Å². The molecule has 2 atom stereocenters. The minimum atomic E-state index is 0.788. The zero-order chi connectivity index (χ0) is 11.3. The number of nitrogens with zero attached hydrogens (tertiary/aromatic N) is 1. The Morgan fingerprint density at radius 1 is 1.27 bits per heavy atom. The third-order valence-corrected chi connectivity index (χ3v) is 3.91. The molecule has 0 radical (unpaired) electrons. The predicted octanol–water partition coefficient (Wildman–Crippen LogP) is 3.76. The highest BCUT2D eigenvalue weighted by atomic mass is 35.5. The smallest absolute Gasteiger partial charge is 0.0225 e. The van der Waals surface area contributed by atoms with Gasteiger partial charge in [-0.1, -0.05) is 20.8 Å². The summed E-state index contributed by atoms with van der Waals surface area (Å²) in [7, 11) is 0. The first-order chi connectivity index (χ1) is 7.15. The molecule has 2 heteroatoms. The number of hydrogen-bond acceptors (Lipinski definition) is 1. The van der Waals surface area contributed by atoms with Crippen LogP contribution in [0.3, 0.4) is 0 Å². The Morgan fingerprint density at radius 2 is 2.00 bits per heavy atom. The third-order valence-electron chi connectivity index (χ3n) is 3.69. The molecule has 0 aromatic rings. The highest BCUT2D eigenvalue weighted by molar-refractivity contribution is 6.17. The zero-order valence-corrected chi connectivity index (χ0v) is 11.3. The van der Waals surface area contributed by atoms with Gasteiger partial charge in [-0.05, 0) is 50.6 Å². The predicted molar refractivity (Wildman–Crippen MR) is 68.6 cm³/mol. The van der Waals surface area contributed by atoms with E-state index >= 15 is 0 Å². The fourth-order valence-electron chi connectivity index (χ4n) is 2.60. The van der Waals surface area contributed by atoms with Crippen molar-refractivity contribution >= 4 is 11.6 Å². The topological polar surface area (TPSA) is 3.24 Å². The molecule has 15 heavy (non-hydrogen) atoms. The first kappa shape index (κ1) is 13.3. The first-order valence-corrected chi connectivity index (χ1v) is 6.98. The quantitative estimate of drug-likeness (QED) is 0.630. The van der Waals surface area contributed by atoms with Crippen molar-refractivity contribution in [1.29, 1.82) is 0 Å². The molecule has 1 aliphatic rings. The fraction of sp³-hybridized carbons (Fsp3) is 1.00. The van der Waals surface area contributed by atoms with Crippen molar-refractivity contribution in [2.75, 3.05) is 19.0 Å². The minimum Gasteiger partial charge on any atom is -0.300 e. The van der Waals surface area contributed by atoms with Crippen molar-refractivity contribution < 1.29 is 0 Å². The Kier molecular flexibility index (Phi) is 5.99. The zero-order valence-electron chi connectivity index (χ0n) is 10.5. The molecule has 0 aliphatic carbocycles. The summed E-state index contributed by atoms with van der Waals surface area (Å²) in [6.45, 7) is 9.62. The van der Waals surface area contributed by atoms with Crippen LogP contribution in [0.4, 0.5) is 0 Å². The summed E-state index contributed by atoms with van der Waals surface area (Å²) in [5.41, 5.74) is 0. The lowest BCUT2D eigenvalue weighted by Gasteiger charge is -2.28. The summed E-state index contributed by atoms with van der Waals surface area (Å²) in [6, 6.07) is 0.841. The van der Waals surface area contributed by atoms with Gasteiger partial charge < -0.3 is 4.90 Å². The van der Waals surface area contributed by atoms with Crippen molar-refractivity contribution in [3.63, 3.8) is 0 Å². The van der Waals surface area contributed by atoms with E-state index in [0.29, 0.717) is 0 Å². The molecule has 1 fully saturated rings. The molecule has 1 nitrogen and oxygen atoms in total. The Bertz CT molecular complexity index is 170. The number of hydrogen-bond donors (Lipinski definition) is 0. The largest absolute Gasteiger partial charge is 0.300 e. The van der Waals surface area contributed by atoms with Gasteiger partial charge in [-0.15, -0.1) is 11.6 Å². The van der Waals surface area contributed by atoms with Crippen molar-refractivity contribution in [3.8, 4) is 0 Å². The maximum absolute atomic E-state index is 5.76. The summed E-state index contributed by atoms with van der Waals surface area (Å²) in [5, 5.41) is 0. The fourth-order valence-corrected chi connectivity index (χ4v) is 2.97. The van der Waals surface area contributed by atoms with Gasteiger partial charge in [-0.2, -0.15) is 0 Å². The second-order valence-corrected chi connectivity index (χ2v) is 5.74. The molecule has 0 bridgehead atoms. The molecule has 0 amide bonds. The molecule has 0 N–H and O–H groups in total. The SMILES string of the molecule is CC(CCCl)CCN1CCCC1C(C)C. The van der Waals surface area contributed by atoms with Crippen LogP contribution in [-0.4, -0.2) is 29.9 Å². The number of halogens is 1. The van der Waals surface area contributed by atoms with Gasteiger partial charge in [-0.3, -0.25) is 0 Å². The molecule has 0 aromatic heterocycles.